The van der Waals surface area contributed by atoms with Crippen LogP contribution in [0.3, 0.4) is 0 Å². The zero-order valence-corrected chi connectivity index (χ0v) is 14.6. The van der Waals surface area contributed by atoms with E-state index in [0.717, 1.165) is 11.1 Å². The van der Waals surface area contributed by atoms with Crippen LogP contribution in [-0.4, -0.2) is 36.7 Å². The van der Waals surface area contributed by atoms with Crippen LogP contribution in [0.25, 0.3) is 0 Å². The average Bonchev–Trinajstić information content (AvgIpc) is 2.65. The van der Waals surface area contributed by atoms with Crippen LogP contribution in [0.5, 0.6) is 11.5 Å². The van der Waals surface area contributed by atoms with Crippen molar-refractivity contribution in [3.63, 3.8) is 0 Å². The molecular formula is C20H21NO4. The highest BCUT2D eigenvalue weighted by atomic mass is 16.5. The zero-order chi connectivity index (χ0) is 17.8. The topological polar surface area (TPSA) is 59.0 Å². The molecule has 2 atom stereocenters. The minimum atomic E-state index is -0.835. The largest absolute Gasteiger partial charge is 0.493 e. The van der Waals surface area contributed by atoms with Crippen LogP contribution in [0, 0.1) is 0 Å². The molecule has 0 aliphatic carbocycles. The molecule has 2 aromatic rings. The van der Waals surface area contributed by atoms with Crippen molar-refractivity contribution in [1.29, 1.82) is 0 Å². The van der Waals surface area contributed by atoms with Crippen LogP contribution in [0.2, 0.25) is 0 Å². The Morgan fingerprint density at radius 1 is 1.16 bits per heavy atom. The molecule has 5 nitrogen and oxygen atoms in total. The number of aliphatic hydroxyl groups excluding tert-OH is 1. The Balaban J connectivity index is 1.95. The number of fused-ring (bicyclic) bond motifs is 4. The van der Waals surface area contributed by atoms with Crippen LogP contribution < -0.4 is 9.47 Å². The summed E-state index contributed by atoms with van der Waals surface area (Å²) in [5, 5.41) is 11.2. The molecule has 1 N–H and O–H groups in total. The molecule has 2 aromatic carbocycles. The summed E-state index contributed by atoms with van der Waals surface area (Å²) in [6.45, 7) is 2.48. The highest BCUT2D eigenvalue weighted by Crippen LogP contribution is 2.50. The second-order valence-electron chi connectivity index (χ2n) is 6.71. The van der Waals surface area contributed by atoms with Crippen LogP contribution >= 0.6 is 0 Å². The predicted octanol–water partition coefficient (Wildman–Crippen LogP) is 2.66. The lowest BCUT2D eigenvalue weighted by Gasteiger charge is -2.52. The molecule has 0 saturated heterocycles. The first-order valence-electron chi connectivity index (χ1n) is 8.36. The lowest BCUT2D eigenvalue weighted by molar-refractivity contribution is -0.0321. The zero-order valence-electron chi connectivity index (χ0n) is 14.6. The summed E-state index contributed by atoms with van der Waals surface area (Å²) in [5.74, 6) is 1.22. The third-order valence-corrected chi connectivity index (χ3v) is 5.58. The Morgan fingerprint density at radius 2 is 1.84 bits per heavy atom. The summed E-state index contributed by atoms with van der Waals surface area (Å²) in [7, 11) is 3.20. The number of amides is 1. The van der Waals surface area contributed by atoms with Crippen LogP contribution in [0.4, 0.5) is 0 Å². The Hall–Kier alpha value is -2.53. The van der Waals surface area contributed by atoms with Gasteiger partial charge >= 0.3 is 0 Å². The summed E-state index contributed by atoms with van der Waals surface area (Å²) in [6.07, 6.45) is -0.0927. The molecule has 2 aliphatic rings. The van der Waals surface area contributed by atoms with Gasteiger partial charge in [-0.15, -0.1) is 0 Å². The highest BCUT2D eigenvalue weighted by Gasteiger charge is 2.51. The van der Waals surface area contributed by atoms with E-state index >= 15 is 0 Å². The minimum Gasteiger partial charge on any atom is -0.493 e. The van der Waals surface area contributed by atoms with Gasteiger partial charge in [-0.1, -0.05) is 18.2 Å². The first kappa shape index (κ1) is 16.0. The van der Waals surface area contributed by atoms with Crippen molar-refractivity contribution in [2.24, 2.45) is 0 Å². The van der Waals surface area contributed by atoms with E-state index in [2.05, 4.69) is 0 Å². The van der Waals surface area contributed by atoms with Gasteiger partial charge in [-0.05, 0) is 48.2 Å². The Morgan fingerprint density at radius 3 is 2.56 bits per heavy atom. The fraction of sp³-hybridized carbons (Fsp3) is 0.350. The summed E-state index contributed by atoms with van der Waals surface area (Å²) in [4.78, 5) is 14.8. The van der Waals surface area contributed by atoms with E-state index in [4.69, 9.17) is 9.47 Å². The lowest BCUT2D eigenvalue weighted by atomic mass is 9.72. The maximum Gasteiger partial charge on any atom is 0.255 e. The van der Waals surface area contributed by atoms with Crippen molar-refractivity contribution in [3.05, 3.63) is 58.7 Å². The van der Waals surface area contributed by atoms with E-state index in [0.29, 0.717) is 35.6 Å². The van der Waals surface area contributed by atoms with E-state index in [1.54, 1.807) is 25.2 Å². The number of nitrogens with zero attached hydrogens (tertiary/aromatic N) is 1. The van der Waals surface area contributed by atoms with Crippen molar-refractivity contribution in [1.82, 2.24) is 4.90 Å². The molecule has 1 amide bonds. The summed E-state index contributed by atoms with van der Waals surface area (Å²) in [5.41, 5.74) is 2.40. The number of benzene rings is 2. The van der Waals surface area contributed by atoms with Gasteiger partial charge in [0.15, 0.2) is 11.5 Å². The van der Waals surface area contributed by atoms with Gasteiger partial charge in [0.2, 0.25) is 0 Å². The second kappa shape index (κ2) is 5.49. The molecule has 0 spiro atoms. The smallest absolute Gasteiger partial charge is 0.255 e. The number of carbonyl (C=O) groups excluding carboxylic acids is 1. The van der Waals surface area contributed by atoms with E-state index < -0.39 is 11.6 Å². The van der Waals surface area contributed by atoms with E-state index in [9.17, 15) is 9.90 Å². The molecule has 0 aromatic heterocycles. The Kier molecular flexibility index (Phi) is 3.51. The standard InChI is InChI=1S/C20H21NO4/c1-20-15-11-17(25-3)16(24-2)10-12(15)8-9-21(20)19(23)14-7-5-4-6-13(14)18(20)22/h4-7,10-11,18,22H,8-9H2,1-3H3/t18-,20+/m1/s1. The molecule has 130 valence electrons. The third kappa shape index (κ3) is 2.02. The maximum atomic E-state index is 13.0. The fourth-order valence-electron chi connectivity index (χ4n) is 4.19. The van der Waals surface area contributed by atoms with Crippen molar-refractivity contribution in [2.45, 2.75) is 25.0 Å². The summed E-state index contributed by atoms with van der Waals surface area (Å²) < 4.78 is 10.9. The van der Waals surface area contributed by atoms with Crippen molar-refractivity contribution >= 4 is 5.91 Å². The van der Waals surface area contributed by atoms with Crippen LogP contribution in [0.15, 0.2) is 36.4 Å². The molecule has 25 heavy (non-hydrogen) atoms. The molecule has 0 unspecified atom stereocenters. The van der Waals surface area contributed by atoms with Crippen molar-refractivity contribution in [3.8, 4) is 11.5 Å². The van der Waals surface area contributed by atoms with E-state index in [-0.39, 0.29) is 5.91 Å². The van der Waals surface area contributed by atoms with E-state index in [1.165, 1.54) is 0 Å². The van der Waals surface area contributed by atoms with Crippen LogP contribution in [0.1, 0.15) is 40.1 Å². The summed E-state index contributed by atoms with van der Waals surface area (Å²) in [6, 6.07) is 11.1. The number of hydrogen-bond donors (Lipinski definition) is 1. The van der Waals surface area contributed by atoms with Gasteiger partial charge in [0.05, 0.1) is 19.8 Å². The molecule has 0 saturated carbocycles. The molecule has 4 rings (SSSR count). The number of ether oxygens (including phenoxy) is 2. The van der Waals surface area contributed by atoms with Gasteiger partial charge in [-0.2, -0.15) is 0 Å². The molecular weight excluding hydrogens is 318 g/mol. The molecule has 0 radical (unpaired) electrons. The van der Waals surface area contributed by atoms with Gasteiger partial charge in [0.25, 0.3) is 5.91 Å². The third-order valence-electron chi connectivity index (χ3n) is 5.58. The number of carbonyl (C=O) groups is 1. The van der Waals surface area contributed by atoms with Gasteiger partial charge < -0.3 is 19.5 Å². The number of hydrogen-bond acceptors (Lipinski definition) is 4. The molecule has 5 heteroatoms. The number of aliphatic hydroxyl groups is 1. The number of methoxy groups -OCH3 is 2. The Bertz CT molecular complexity index is 863. The minimum absolute atomic E-state index is 0.0381. The molecule has 2 aliphatic heterocycles. The van der Waals surface area contributed by atoms with Crippen molar-refractivity contribution in [2.75, 3.05) is 20.8 Å². The molecule has 0 bridgehead atoms. The van der Waals surface area contributed by atoms with E-state index in [1.807, 2.05) is 37.3 Å². The SMILES string of the molecule is COc1cc2c(cc1OC)[C@@]1(C)[C@H](O)c3ccccc3C(=O)N1CC2. The normalized spacial score (nSPS) is 24.2. The molecule has 0 fully saturated rings. The quantitative estimate of drug-likeness (QED) is 0.914. The average molecular weight is 339 g/mol. The first-order valence-corrected chi connectivity index (χ1v) is 8.36. The van der Waals surface area contributed by atoms with Gasteiger partial charge in [0.1, 0.15) is 6.10 Å². The molecule has 2 heterocycles. The van der Waals surface area contributed by atoms with Crippen molar-refractivity contribution < 1.29 is 19.4 Å². The predicted molar refractivity (Wildman–Crippen MR) is 93.0 cm³/mol. The summed E-state index contributed by atoms with van der Waals surface area (Å²) >= 11 is 0. The maximum absolute atomic E-state index is 13.0. The Labute approximate surface area is 146 Å². The lowest BCUT2D eigenvalue weighted by Crippen LogP contribution is -2.57. The first-order chi connectivity index (χ1) is 12.0. The fourth-order valence-corrected chi connectivity index (χ4v) is 4.19. The monoisotopic (exact) mass is 339 g/mol. The van der Waals surface area contributed by atoms with Gasteiger partial charge in [-0.25, -0.2) is 0 Å². The van der Waals surface area contributed by atoms with Gasteiger partial charge in [-0.3, -0.25) is 4.79 Å². The van der Waals surface area contributed by atoms with Gasteiger partial charge in [0, 0.05) is 12.1 Å². The number of rotatable bonds is 2. The highest BCUT2D eigenvalue weighted by molar-refractivity contribution is 5.98. The second-order valence-corrected chi connectivity index (χ2v) is 6.71. The van der Waals surface area contributed by atoms with Crippen LogP contribution in [-0.2, 0) is 12.0 Å².